The smallest absolute Gasteiger partial charge is 0.324 e. The van der Waals surface area contributed by atoms with E-state index in [2.05, 4.69) is 4.72 Å². The minimum absolute atomic E-state index is 0.104. The van der Waals surface area contributed by atoms with Gasteiger partial charge in [-0.05, 0) is 24.5 Å². The van der Waals surface area contributed by atoms with Gasteiger partial charge in [-0.3, -0.25) is 10.1 Å². The average Bonchev–Trinajstić information content (AvgIpc) is 2.36. The summed E-state index contributed by atoms with van der Waals surface area (Å²) in [6.07, 6.45) is 0.346. The number of benzene rings is 1. The zero-order valence-electron chi connectivity index (χ0n) is 11.6. The molecule has 0 saturated carbocycles. The number of nitrogens with one attached hydrogen (secondary N) is 1. The highest BCUT2D eigenvalue weighted by molar-refractivity contribution is 7.89. The summed E-state index contributed by atoms with van der Waals surface area (Å²) in [5.74, 6) is -1.13. The van der Waals surface area contributed by atoms with E-state index >= 15 is 0 Å². The number of nitrogens with zero attached hydrogens (tertiary/aromatic N) is 1. The first kappa shape index (κ1) is 17.5. The molecule has 0 aliphatic carbocycles. The Morgan fingerprint density at radius 2 is 2.05 bits per heavy atom. The van der Waals surface area contributed by atoms with Crippen molar-refractivity contribution in [3.8, 4) is 0 Å². The van der Waals surface area contributed by atoms with Crippen molar-refractivity contribution in [1.82, 2.24) is 4.72 Å². The minimum atomic E-state index is -4.31. The largest absolute Gasteiger partial charge is 0.395 e. The van der Waals surface area contributed by atoms with Gasteiger partial charge in [0.2, 0.25) is 15.8 Å². The molecule has 0 fully saturated rings. The van der Waals surface area contributed by atoms with Crippen LogP contribution in [0.4, 0.5) is 10.1 Å². The van der Waals surface area contributed by atoms with Crippen molar-refractivity contribution in [2.45, 2.75) is 31.2 Å². The standard InChI is InChI=1S/C12H17FN2O5S/c1-8(2)6-9(7-16)14-21(19,20)11-5-3-4-10(13)12(11)15(17)18/h3-5,8-9,14,16H,6-7H2,1-2H3. The number of hydrogen-bond acceptors (Lipinski definition) is 5. The van der Waals surface area contributed by atoms with E-state index in [0.29, 0.717) is 6.42 Å². The van der Waals surface area contributed by atoms with Crippen LogP contribution >= 0.6 is 0 Å². The molecule has 0 radical (unpaired) electrons. The van der Waals surface area contributed by atoms with Crippen LogP contribution in [-0.4, -0.2) is 31.1 Å². The molecule has 0 aliphatic rings. The van der Waals surface area contributed by atoms with Crippen LogP contribution in [0.5, 0.6) is 0 Å². The predicted octanol–water partition coefficient (Wildman–Crippen LogP) is 1.42. The summed E-state index contributed by atoms with van der Waals surface area (Å²) in [6, 6.07) is 2.05. The van der Waals surface area contributed by atoms with Crippen LogP contribution in [0.1, 0.15) is 20.3 Å². The van der Waals surface area contributed by atoms with Crippen molar-refractivity contribution in [3.63, 3.8) is 0 Å². The molecule has 1 aromatic carbocycles. The minimum Gasteiger partial charge on any atom is -0.395 e. The number of nitro benzene ring substituents is 1. The van der Waals surface area contributed by atoms with Crippen molar-refractivity contribution in [2.75, 3.05) is 6.61 Å². The zero-order valence-corrected chi connectivity index (χ0v) is 12.4. The highest BCUT2D eigenvalue weighted by Crippen LogP contribution is 2.26. The van der Waals surface area contributed by atoms with Gasteiger partial charge in [-0.15, -0.1) is 0 Å². The number of para-hydroxylation sites is 1. The van der Waals surface area contributed by atoms with E-state index in [4.69, 9.17) is 0 Å². The molecule has 0 aliphatic heterocycles. The van der Waals surface area contributed by atoms with Gasteiger partial charge in [0.1, 0.15) is 0 Å². The summed E-state index contributed by atoms with van der Waals surface area (Å²) in [6.45, 7) is 3.21. The van der Waals surface area contributed by atoms with Crippen LogP contribution in [-0.2, 0) is 10.0 Å². The van der Waals surface area contributed by atoms with Gasteiger partial charge in [0.25, 0.3) is 0 Å². The lowest BCUT2D eigenvalue weighted by atomic mass is 10.1. The summed E-state index contributed by atoms with van der Waals surface area (Å²) in [7, 11) is -4.31. The van der Waals surface area contributed by atoms with Gasteiger partial charge in [0, 0.05) is 6.04 Å². The van der Waals surface area contributed by atoms with Gasteiger partial charge in [0.05, 0.1) is 11.5 Å². The molecule has 0 bridgehead atoms. The Morgan fingerprint density at radius 3 is 2.52 bits per heavy atom. The molecular weight excluding hydrogens is 303 g/mol. The fraction of sp³-hybridized carbons (Fsp3) is 0.500. The lowest BCUT2D eigenvalue weighted by molar-refractivity contribution is -0.390. The zero-order chi connectivity index (χ0) is 16.2. The third-order valence-electron chi connectivity index (χ3n) is 2.72. The highest BCUT2D eigenvalue weighted by atomic mass is 32.2. The Labute approximate surface area is 122 Å². The first-order valence-electron chi connectivity index (χ1n) is 6.25. The first-order valence-corrected chi connectivity index (χ1v) is 7.73. The number of hydrogen-bond donors (Lipinski definition) is 2. The average molecular weight is 320 g/mol. The van der Waals surface area contributed by atoms with E-state index in [0.717, 1.165) is 18.2 Å². The molecule has 1 aromatic rings. The molecule has 1 unspecified atom stereocenters. The fourth-order valence-electron chi connectivity index (χ4n) is 1.90. The molecule has 0 amide bonds. The van der Waals surface area contributed by atoms with Crippen molar-refractivity contribution in [2.24, 2.45) is 5.92 Å². The van der Waals surface area contributed by atoms with Crippen molar-refractivity contribution >= 4 is 15.7 Å². The second-order valence-electron chi connectivity index (χ2n) is 4.97. The molecular formula is C12H17FN2O5S. The number of aliphatic hydroxyl groups excluding tert-OH is 1. The molecule has 21 heavy (non-hydrogen) atoms. The van der Waals surface area contributed by atoms with Gasteiger partial charge in [0.15, 0.2) is 4.90 Å². The van der Waals surface area contributed by atoms with E-state index in [1.54, 1.807) is 0 Å². The van der Waals surface area contributed by atoms with Crippen LogP contribution in [0, 0.1) is 21.8 Å². The second kappa shape index (κ2) is 6.92. The van der Waals surface area contributed by atoms with E-state index < -0.39 is 44.0 Å². The van der Waals surface area contributed by atoms with E-state index in [1.165, 1.54) is 0 Å². The summed E-state index contributed by atoms with van der Waals surface area (Å²) in [5.41, 5.74) is -1.11. The van der Waals surface area contributed by atoms with E-state index in [-0.39, 0.29) is 5.92 Å². The summed E-state index contributed by atoms with van der Waals surface area (Å²) in [5, 5.41) is 20.0. The molecule has 0 heterocycles. The number of sulfonamides is 1. The maximum atomic E-state index is 13.5. The molecule has 1 rings (SSSR count). The van der Waals surface area contributed by atoms with E-state index in [9.17, 15) is 28.0 Å². The van der Waals surface area contributed by atoms with Crippen LogP contribution in [0.15, 0.2) is 23.1 Å². The first-order chi connectivity index (χ1) is 9.69. The van der Waals surface area contributed by atoms with Gasteiger partial charge >= 0.3 is 5.69 Å². The predicted molar refractivity (Wildman–Crippen MR) is 73.7 cm³/mol. The Hall–Kier alpha value is -1.58. The monoisotopic (exact) mass is 320 g/mol. The highest BCUT2D eigenvalue weighted by Gasteiger charge is 2.31. The molecule has 0 saturated heterocycles. The van der Waals surface area contributed by atoms with Crippen molar-refractivity contribution in [3.05, 3.63) is 34.1 Å². The molecule has 0 aromatic heterocycles. The number of halogens is 1. The fourth-order valence-corrected chi connectivity index (χ4v) is 3.32. The van der Waals surface area contributed by atoms with Crippen LogP contribution in [0.2, 0.25) is 0 Å². The molecule has 0 spiro atoms. The molecule has 2 N–H and O–H groups in total. The normalized spacial score (nSPS) is 13.4. The molecule has 118 valence electrons. The maximum absolute atomic E-state index is 13.5. The Balaban J connectivity index is 3.20. The Kier molecular flexibility index (Phi) is 5.76. The molecule has 9 heteroatoms. The van der Waals surface area contributed by atoms with Gasteiger partial charge in [-0.25, -0.2) is 13.1 Å². The lowest BCUT2D eigenvalue weighted by Crippen LogP contribution is -2.38. The molecule has 1 atom stereocenters. The second-order valence-corrected chi connectivity index (χ2v) is 6.66. The van der Waals surface area contributed by atoms with E-state index in [1.807, 2.05) is 13.8 Å². The lowest BCUT2D eigenvalue weighted by Gasteiger charge is -2.18. The molecule has 7 nitrogen and oxygen atoms in total. The van der Waals surface area contributed by atoms with Gasteiger partial charge in [-0.1, -0.05) is 19.9 Å². The maximum Gasteiger partial charge on any atom is 0.324 e. The van der Waals surface area contributed by atoms with Gasteiger partial charge < -0.3 is 5.11 Å². The quantitative estimate of drug-likeness (QED) is 0.583. The summed E-state index contributed by atoms with van der Waals surface area (Å²) < 4.78 is 40.0. The summed E-state index contributed by atoms with van der Waals surface area (Å²) >= 11 is 0. The van der Waals surface area contributed by atoms with Crippen molar-refractivity contribution < 1.29 is 22.8 Å². The van der Waals surface area contributed by atoms with Crippen LogP contribution < -0.4 is 4.72 Å². The van der Waals surface area contributed by atoms with Crippen molar-refractivity contribution in [1.29, 1.82) is 0 Å². The number of rotatable bonds is 7. The number of nitro groups is 1. The van der Waals surface area contributed by atoms with Gasteiger partial charge in [-0.2, -0.15) is 4.39 Å². The Bertz CT molecular complexity index is 618. The van der Waals surface area contributed by atoms with Crippen LogP contribution in [0.3, 0.4) is 0 Å². The summed E-state index contributed by atoms with van der Waals surface area (Å²) in [4.78, 5) is 9.01. The SMILES string of the molecule is CC(C)CC(CO)NS(=O)(=O)c1cccc(F)c1[N+](=O)[O-]. The number of aliphatic hydroxyl groups is 1. The third kappa shape index (κ3) is 4.45. The Morgan fingerprint density at radius 1 is 1.43 bits per heavy atom. The topological polar surface area (TPSA) is 110 Å². The van der Waals surface area contributed by atoms with Crippen LogP contribution in [0.25, 0.3) is 0 Å². The third-order valence-corrected chi connectivity index (χ3v) is 4.27.